The van der Waals surface area contributed by atoms with Crippen LogP contribution in [0.25, 0.3) is 0 Å². The lowest BCUT2D eigenvalue weighted by Crippen LogP contribution is -2.51. The molecule has 9 nitrogen and oxygen atoms in total. The number of carbonyl (C=O) groups is 5. The summed E-state index contributed by atoms with van der Waals surface area (Å²) in [6.07, 6.45) is 5.54. The van der Waals surface area contributed by atoms with E-state index >= 15 is 0 Å². The van der Waals surface area contributed by atoms with Gasteiger partial charge in [-0.05, 0) is 32.6 Å². The number of aliphatic carboxylic acids is 1. The SMILES string of the molecule is [2H]N(C(=O)CCCCCC(=O)CCCCC)[C@@H](C)C(=O)N[C@@H](CCC(=O)O)C(N)=O. The Morgan fingerprint density at radius 1 is 0.966 bits per heavy atom. The van der Waals surface area contributed by atoms with Crippen molar-refractivity contribution in [2.75, 3.05) is 0 Å². The van der Waals surface area contributed by atoms with E-state index in [0.717, 1.165) is 19.3 Å². The first-order chi connectivity index (χ1) is 14.1. The molecule has 0 aromatic heterocycles. The van der Waals surface area contributed by atoms with Gasteiger partial charge in [-0.3, -0.25) is 24.0 Å². The van der Waals surface area contributed by atoms with E-state index in [1.54, 1.807) is 0 Å². The average molecular weight is 415 g/mol. The number of amides is 3. The molecule has 0 rings (SSSR count). The molecule has 2 atom stereocenters. The van der Waals surface area contributed by atoms with Crippen molar-refractivity contribution in [3.05, 3.63) is 0 Å². The molecule has 0 heterocycles. The molecule has 0 aliphatic carbocycles. The second-order valence-electron chi connectivity index (χ2n) is 7.15. The molecule has 0 fully saturated rings. The standard InChI is InChI=1S/C20H35N3O6/c1-3-4-6-9-15(24)10-7-5-8-11-17(25)22-14(2)20(29)23-16(19(21)28)12-13-18(26)27/h14,16H,3-13H2,1-2H3,(H2,21,28)(H,22,25)(H,23,29)(H,26,27)/t14-,16-/m0/s1/i/hD. The van der Waals surface area contributed by atoms with Crippen molar-refractivity contribution >= 4 is 29.5 Å². The molecule has 0 spiro atoms. The maximum Gasteiger partial charge on any atom is 0.303 e. The van der Waals surface area contributed by atoms with Gasteiger partial charge in [0.25, 0.3) is 0 Å². The fraction of sp³-hybridized carbons (Fsp3) is 0.750. The number of ketones is 1. The Morgan fingerprint density at radius 2 is 1.55 bits per heavy atom. The number of nitrogens with two attached hydrogens (primary N) is 1. The molecule has 0 unspecified atom stereocenters. The Kier molecular flexibility index (Phi) is 13.1. The highest BCUT2D eigenvalue weighted by Gasteiger charge is 2.23. The van der Waals surface area contributed by atoms with Crippen molar-refractivity contribution in [2.24, 2.45) is 5.73 Å². The van der Waals surface area contributed by atoms with Crippen LogP contribution in [-0.2, 0) is 24.0 Å². The summed E-state index contributed by atoms with van der Waals surface area (Å²) in [7, 11) is 0. The molecule has 166 valence electrons. The van der Waals surface area contributed by atoms with Gasteiger partial charge < -0.3 is 21.5 Å². The summed E-state index contributed by atoms with van der Waals surface area (Å²) >= 11 is 0. The van der Waals surface area contributed by atoms with Gasteiger partial charge >= 0.3 is 5.97 Å². The predicted molar refractivity (Wildman–Crippen MR) is 108 cm³/mol. The first-order valence-electron chi connectivity index (χ1n) is 10.7. The highest BCUT2D eigenvalue weighted by molar-refractivity contribution is 5.91. The second-order valence-corrected chi connectivity index (χ2v) is 7.15. The first-order valence-corrected chi connectivity index (χ1v) is 10.2. The number of carboxylic acid groups (broad SMARTS) is 1. The molecule has 3 amide bonds. The molecule has 29 heavy (non-hydrogen) atoms. The van der Waals surface area contributed by atoms with Crippen LogP contribution in [0.1, 0.15) is 84.5 Å². The first kappa shape index (κ1) is 24.6. The normalized spacial score (nSPS) is 13.1. The number of primary amides is 1. The minimum Gasteiger partial charge on any atom is -0.481 e. The number of unbranched alkanes of at least 4 members (excludes halogenated alkanes) is 4. The van der Waals surface area contributed by atoms with Gasteiger partial charge in [0.2, 0.25) is 17.7 Å². The summed E-state index contributed by atoms with van der Waals surface area (Å²) in [5, 5.41) is 11.5. The molecule has 0 saturated heterocycles. The zero-order valence-electron chi connectivity index (χ0n) is 18.4. The van der Waals surface area contributed by atoms with E-state index in [1.807, 2.05) is 0 Å². The van der Waals surface area contributed by atoms with Gasteiger partial charge in [0.05, 0.1) is 0 Å². The second kappa shape index (κ2) is 15.5. The summed E-state index contributed by atoms with van der Waals surface area (Å²) in [5.74, 6) is -3.10. The third-order valence-corrected chi connectivity index (χ3v) is 4.43. The van der Waals surface area contributed by atoms with Crippen molar-refractivity contribution in [3.8, 4) is 0 Å². The van der Waals surface area contributed by atoms with Gasteiger partial charge in [-0.2, -0.15) is 0 Å². The van der Waals surface area contributed by atoms with Crippen LogP contribution in [0.5, 0.6) is 0 Å². The third-order valence-electron chi connectivity index (χ3n) is 4.43. The molecular weight excluding hydrogens is 378 g/mol. The highest BCUT2D eigenvalue weighted by Crippen LogP contribution is 2.08. The maximum absolute atomic E-state index is 12.2. The molecule has 9 heteroatoms. The molecule has 0 bridgehead atoms. The quantitative estimate of drug-likeness (QED) is 0.264. The fourth-order valence-electron chi connectivity index (χ4n) is 2.66. The molecule has 0 aliphatic rings. The molecule has 0 aromatic rings. The van der Waals surface area contributed by atoms with Crippen LogP contribution >= 0.6 is 0 Å². The molecule has 0 aromatic carbocycles. The molecule has 0 aliphatic heterocycles. The van der Waals surface area contributed by atoms with E-state index in [1.165, 1.54) is 6.92 Å². The number of hydrogen-bond acceptors (Lipinski definition) is 5. The lowest BCUT2D eigenvalue weighted by Gasteiger charge is -2.19. The minimum atomic E-state index is -1.19. The number of nitrogens with one attached hydrogen (secondary N) is 2. The Labute approximate surface area is 173 Å². The summed E-state index contributed by atoms with van der Waals surface area (Å²) < 4.78 is 7.84. The number of carbonyl (C=O) groups excluding carboxylic acids is 4. The van der Waals surface area contributed by atoms with Crippen LogP contribution in [0.2, 0.25) is 1.41 Å². The van der Waals surface area contributed by atoms with Crippen LogP contribution < -0.4 is 16.4 Å². The zero-order chi connectivity index (χ0) is 23.1. The Bertz CT molecular complexity index is 599. The fourth-order valence-corrected chi connectivity index (χ4v) is 2.66. The summed E-state index contributed by atoms with van der Waals surface area (Å²) in [6.45, 7) is 3.42. The van der Waals surface area contributed by atoms with Gasteiger partial charge in [0.15, 0.2) is 1.41 Å². The lowest BCUT2D eigenvalue weighted by atomic mass is 10.1. The van der Waals surface area contributed by atoms with Crippen LogP contribution in [0.15, 0.2) is 0 Å². The smallest absolute Gasteiger partial charge is 0.303 e. The van der Waals surface area contributed by atoms with Crippen molar-refractivity contribution in [3.63, 3.8) is 0 Å². The van der Waals surface area contributed by atoms with Gasteiger partial charge in [-0.15, -0.1) is 0 Å². The van der Waals surface area contributed by atoms with E-state index in [9.17, 15) is 24.0 Å². The van der Waals surface area contributed by atoms with Gasteiger partial charge in [-0.25, -0.2) is 0 Å². The van der Waals surface area contributed by atoms with Gasteiger partial charge in [0, 0.05) is 25.7 Å². The van der Waals surface area contributed by atoms with Crippen LogP contribution in [0.3, 0.4) is 0 Å². The Morgan fingerprint density at radius 3 is 2.10 bits per heavy atom. The average Bonchev–Trinajstić information content (AvgIpc) is 2.69. The number of Topliss-reactive ketones (excluding diaryl/α,β-unsaturated/α-hetero) is 1. The topological polar surface area (TPSA) is 156 Å². The van der Waals surface area contributed by atoms with Crippen LogP contribution in [0.4, 0.5) is 0 Å². The summed E-state index contributed by atoms with van der Waals surface area (Å²) in [6, 6.07) is -2.35. The highest BCUT2D eigenvalue weighted by atomic mass is 16.4. The van der Waals surface area contributed by atoms with Crippen molar-refractivity contribution < 1.29 is 30.5 Å². The molecule has 0 radical (unpaired) electrons. The summed E-state index contributed by atoms with van der Waals surface area (Å²) in [4.78, 5) is 58.0. The van der Waals surface area contributed by atoms with E-state index in [2.05, 4.69) is 12.2 Å². The number of hydrogen-bond donors (Lipinski definition) is 4. The number of carboxylic acids is 1. The predicted octanol–water partition coefficient (Wildman–Crippen LogP) is 1.43. The van der Waals surface area contributed by atoms with Gasteiger partial charge in [0.1, 0.15) is 17.9 Å². The van der Waals surface area contributed by atoms with E-state index < -0.39 is 35.8 Å². The summed E-state index contributed by atoms with van der Waals surface area (Å²) in [5.41, 5.74) is 5.16. The van der Waals surface area contributed by atoms with Crippen molar-refractivity contribution in [1.82, 2.24) is 10.6 Å². The van der Waals surface area contributed by atoms with Crippen LogP contribution in [-0.4, -0.2) is 46.7 Å². The maximum atomic E-state index is 12.2. The monoisotopic (exact) mass is 414 g/mol. The van der Waals surface area contributed by atoms with Crippen LogP contribution in [0, 0.1) is 0 Å². The lowest BCUT2D eigenvalue weighted by molar-refractivity contribution is -0.137. The zero-order valence-corrected chi connectivity index (χ0v) is 17.4. The Balaban J connectivity index is 4.28. The molecule has 0 saturated carbocycles. The van der Waals surface area contributed by atoms with E-state index in [-0.39, 0.29) is 25.0 Å². The van der Waals surface area contributed by atoms with E-state index in [0.29, 0.717) is 37.4 Å². The van der Waals surface area contributed by atoms with Crippen molar-refractivity contribution in [2.45, 2.75) is 96.6 Å². The van der Waals surface area contributed by atoms with Crippen molar-refractivity contribution in [1.29, 1.82) is 0 Å². The van der Waals surface area contributed by atoms with E-state index in [4.69, 9.17) is 12.3 Å². The van der Waals surface area contributed by atoms with Gasteiger partial charge in [-0.1, -0.05) is 26.2 Å². The number of rotatable bonds is 17. The third kappa shape index (κ3) is 14.2. The largest absolute Gasteiger partial charge is 0.481 e. The molecule has 5 N–H and O–H groups in total. The molecular formula is C20H35N3O6. The Hall–Kier alpha value is -2.45. The minimum absolute atomic E-state index is 0.0728.